The van der Waals surface area contributed by atoms with Crippen LogP contribution in [0.15, 0.2) is 24.3 Å². The van der Waals surface area contributed by atoms with Crippen molar-refractivity contribution in [1.82, 2.24) is 9.55 Å². The van der Waals surface area contributed by atoms with Crippen LogP contribution in [-0.4, -0.2) is 16.6 Å². The van der Waals surface area contributed by atoms with E-state index in [1.807, 2.05) is 42.9 Å². The second kappa shape index (κ2) is 3.38. The number of anilines is 1. The van der Waals surface area contributed by atoms with Crippen LogP contribution in [0.25, 0.3) is 10.9 Å². The fraction of sp³-hybridized carbons (Fsp3) is 0.200. The van der Waals surface area contributed by atoms with Gasteiger partial charge >= 0.3 is 0 Å². The Bertz CT molecular complexity index is 530. The lowest BCUT2D eigenvalue weighted by Crippen LogP contribution is -2.05. The summed E-state index contributed by atoms with van der Waals surface area (Å²) in [6.07, 6.45) is 0. The molecule has 0 saturated heterocycles. The molecule has 2 aromatic rings. The van der Waals surface area contributed by atoms with E-state index < -0.39 is 0 Å². The minimum absolute atomic E-state index is 0.591. The molecule has 0 aliphatic rings. The SMILES string of the molecule is CNc1c2ccccc2nc(=S)n1C. The van der Waals surface area contributed by atoms with Crippen LogP contribution in [0.5, 0.6) is 0 Å². The normalized spacial score (nSPS) is 10.4. The molecular formula is C10H11N3S. The summed E-state index contributed by atoms with van der Waals surface area (Å²) in [4.78, 5) is 4.32. The van der Waals surface area contributed by atoms with Crippen molar-refractivity contribution < 1.29 is 0 Å². The molecule has 0 aliphatic carbocycles. The van der Waals surface area contributed by atoms with Gasteiger partial charge in [0.05, 0.1) is 5.52 Å². The quantitative estimate of drug-likeness (QED) is 0.725. The molecule has 0 aliphatic heterocycles. The Balaban J connectivity index is 2.96. The highest BCUT2D eigenvalue weighted by molar-refractivity contribution is 7.71. The van der Waals surface area contributed by atoms with Gasteiger partial charge in [0.1, 0.15) is 5.82 Å². The largest absolute Gasteiger partial charge is 0.374 e. The van der Waals surface area contributed by atoms with Crippen molar-refractivity contribution in [3.63, 3.8) is 0 Å². The summed E-state index contributed by atoms with van der Waals surface area (Å²) < 4.78 is 2.46. The number of fused-ring (bicyclic) bond motifs is 1. The predicted octanol–water partition coefficient (Wildman–Crippen LogP) is 2.34. The number of hydrogen-bond donors (Lipinski definition) is 1. The lowest BCUT2D eigenvalue weighted by atomic mass is 10.2. The van der Waals surface area contributed by atoms with Crippen LogP contribution in [0.3, 0.4) is 0 Å². The minimum atomic E-state index is 0.591. The van der Waals surface area contributed by atoms with Gasteiger partial charge in [-0.3, -0.25) is 0 Å². The monoisotopic (exact) mass is 205 g/mol. The fourth-order valence-corrected chi connectivity index (χ4v) is 1.72. The Morgan fingerprint density at radius 1 is 1.36 bits per heavy atom. The molecule has 2 rings (SSSR count). The van der Waals surface area contributed by atoms with Gasteiger partial charge in [0.15, 0.2) is 0 Å². The van der Waals surface area contributed by atoms with E-state index in [0.717, 1.165) is 16.7 Å². The molecule has 0 bridgehead atoms. The zero-order valence-electron chi connectivity index (χ0n) is 8.11. The van der Waals surface area contributed by atoms with Gasteiger partial charge in [0.2, 0.25) is 4.77 Å². The van der Waals surface area contributed by atoms with Gasteiger partial charge in [-0.15, -0.1) is 0 Å². The minimum Gasteiger partial charge on any atom is -0.374 e. The van der Waals surface area contributed by atoms with E-state index in [2.05, 4.69) is 10.3 Å². The molecule has 3 nitrogen and oxygen atoms in total. The fourth-order valence-electron chi connectivity index (χ4n) is 1.53. The Morgan fingerprint density at radius 3 is 2.79 bits per heavy atom. The summed E-state index contributed by atoms with van der Waals surface area (Å²) >= 11 is 5.15. The first-order chi connectivity index (χ1) is 6.74. The van der Waals surface area contributed by atoms with Crippen LogP contribution < -0.4 is 5.32 Å². The second-order valence-electron chi connectivity index (χ2n) is 3.07. The number of benzene rings is 1. The Kier molecular flexibility index (Phi) is 2.21. The highest BCUT2D eigenvalue weighted by Crippen LogP contribution is 2.20. The van der Waals surface area contributed by atoms with Crippen LogP contribution in [0.4, 0.5) is 5.82 Å². The van der Waals surface area contributed by atoms with Gasteiger partial charge in [-0.1, -0.05) is 12.1 Å². The van der Waals surface area contributed by atoms with Gasteiger partial charge in [-0.05, 0) is 24.4 Å². The van der Waals surface area contributed by atoms with Crippen molar-refractivity contribution >= 4 is 28.9 Å². The van der Waals surface area contributed by atoms with Crippen LogP contribution in [0, 0.1) is 4.77 Å². The van der Waals surface area contributed by atoms with Crippen LogP contribution >= 0.6 is 12.2 Å². The van der Waals surface area contributed by atoms with Crippen molar-refractivity contribution in [2.75, 3.05) is 12.4 Å². The number of nitrogens with zero attached hydrogens (tertiary/aromatic N) is 2. The molecule has 0 spiro atoms. The van der Waals surface area contributed by atoms with Gasteiger partial charge < -0.3 is 9.88 Å². The van der Waals surface area contributed by atoms with E-state index >= 15 is 0 Å². The third kappa shape index (κ3) is 1.28. The molecule has 0 amide bonds. The van der Waals surface area contributed by atoms with Crippen molar-refractivity contribution in [3.05, 3.63) is 29.0 Å². The molecule has 72 valence electrons. The van der Waals surface area contributed by atoms with Crippen molar-refractivity contribution in [1.29, 1.82) is 0 Å². The van der Waals surface area contributed by atoms with E-state index in [1.165, 1.54) is 0 Å². The molecule has 0 fully saturated rings. The maximum Gasteiger partial charge on any atom is 0.201 e. The van der Waals surface area contributed by atoms with E-state index in [-0.39, 0.29) is 0 Å². The molecule has 0 unspecified atom stereocenters. The van der Waals surface area contributed by atoms with Gasteiger partial charge in [-0.25, -0.2) is 4.98 Å². The predicted molar refractivity (Wildman–Crippen MR) is 61.1 cm³/mol. The Morgan fingerprint density at radius 2 is 2.07 bits per heavy atom. The summed E-state index contributed by atoms with van der Waals surface area (Å²) in [5.41, 5.74) is 0.931. The number of rotatable bonds is 1. The average Bonchev–Trinajstić information content (AvgIpc) is 2.20. The maximum absolute atomic E-state index is 5.15. The Hall–Kier alpha value is -1.42. The highest BCUT2D eigenvalue weighted by Gasteiger charge is 2.03. The van der Waals surface area contributed by atoms with Crippen molar-refractivity contribution in [2.45, 2.75) is 0 Å². The van der Waals surface area contributed by atoms with E-state index in [9.17, 15) is 0 Å². The first-order valence-corrected chi connectivity index (χ1v) is 4.78. The topological polar surface area (TPSA) is 29.9 Å². The van der Waals surface area contributed by atoms with Gasteiger partial charge in [0.25, 0.3) is 0 Å². The summed E-state index contributed by atoms with van der Waals surface area (Å²) in [7, 11) is 3.80. The summed E-state index contributed by atoms with van der Waals surface area (Å²) in [6, 6.07) is 7.95. The third-order valence-corrected chi connectivity index (χ3v) is 2.60. The molecule has 0 atom stereocenters. The molecule has 4 heteroatoms. The average molecular weight is 205 g/mol. The van der Waals surface area contributed by atoms with Crippen molar-refractivity contribution in [2.24, 2.45) is 7.05 Å². The zero-order chi connectivity index (χ0) is 10.1. The third-order valence-electron chi connectivity index (χ3n) is 2.23. The van der Waals surface area contributed by atoms with Gasteiger partial charge in [-0.2, -0.15) is 0 Å². The lowest BCUT2D eigenvalue weighted by Gasteiger charge is -2.10. The van der Waals surface area contributed by atoms with Crippen molar-refractivity contribution in [3.8, 4) is 0 Å². The lowest BCUT2D eigenvalue weighted by molar-refractivity contribution is 0.866. The maximum atomic E-state index is 5.15. The van der Waals surface area contributed by atoms with Crippen LogP contribution in [-0.2, 0) is 7.05 Å². The number of nitrogens with one attached hydrogen (secondary N) is 1. The van der Waals surface area contributed by atoms with E-state index in [4.69, 9.17) is 12.2 Å². The Labute approximate surface area is 87.4 Å². The molecule has 1 N–H and O–H groups in total. The molecular weight excluding hydrogens is 194 g/mol. The standard InChI is InChI=1S/C10H11N3S/c1-11-9-7-5-3-4-6-8(7)12-10(14)13(9)2/h3-6,11H,1-2H3. The number of aromatic nitrogens is 2. The number of para-hydroxylation sites is 1. The smallest absolute Gasteiger partial charge is 0.201 e. The highest BCUT2D eigenvalue weighted by atomic mass is 32.1. The molecule has 14 heavy (non-hydrogen) atoms. The molecule has 0 saturated carbocycles. The summed E-state index contributed by atoms with van der Waals surface area (Å²) in [6.45, 7) is 0. The number of hydrogen-bond acceptors (Lipinski definition) is 3. The molecule has 1 heterocycles. The summed E-state index contributed by atoms with van der Waals surface area (Å²) in [5.74, 6) is 1.00. The van der Waals surface area contributed by atoms with Crippen LogP contribution in [0.1, 0.15) is 0 Å². The van der Waals surface area contributed by atoms with E-state index in [1.54, 1.807) is 0 Å². The van der Waals surface area contributed by atoms with Crippen LogP contribution in [0.2, 0.25) is 0 Å². The first kappa shape index (κ1) is 9.15. The molecule has 1 aromatic heterocycles. The first-order valence-electron chi connectivity index (χ1n) is 4.37. The second-order valence-corrected chi connectivity index (χ2v) is 3.43. The zero-order valence-corrected chi connectivity index (χ0v) is 8.93. The summed E-state index contributed by atoms with van der Waals surface area (Å²) in [5, 5.41) is 4.22. The van der Waals surface area contributed by atoms with E-state index in [0.29, 0.717) is 4.77 Å². The molecule has 0 radical (unpaired) electrons. The molecule has 1 aromatic carbocycles. The van der Waals surface area contributed by atoms with Gasteiger partial charge in [0, 0.05) is 19.5 Å².